The zero-order chi connectivity index (χ0) is 24.6. The highest BCUT2D eigenvalue weighted by molar-refractivity contribution is 6.06. The number of nitrogens with one attached hydrogen (secondary N) is 3. The lowest BCUT2D eigenvalue weighted by atomic mass is 9.79. The van der Waals surface area contributed by atoms with E-state index in [1.165, 1.54) is 13.2 Å². The second kappa shape index (κ2) is 8.73. The van der Waals surface area contributed by atoms with Crippen LogP contribution in [0.2, 0.25) is 0 Å². The minimum atomic E-state index is -0.604. The van der Waals surface area contributed by atoms with E-state index in [1.54, 1.807) is 24.3 Å². The van der Waals surface area contributed by atoms with E-state index in [-0.39, 0.29) is 21.8 Å². The molecule has 0 saturated heterocycles. The molecule has 0 fully saturated rings. The van der Waals surface area contributed by atoms with Crippen LogP contribution in [-0.2, 0) is 10.8 Å². The van der Waals surface area contributed by atoms with Crippen molar-refractivity contribution in [2.24, 2.45) is 0 Å². The molecule has 2 aromatic carbocycles. The summed E-state index contributed by atoms with van der Waals surface area (Å²) in [6.07, 6.45) is 0.814. The van der Waals surface area contributed by atoms with Gasteiger partial charge in [-0.15, -0.1) is 0 Å². The summed E-state index contributed by atoms with van der Waals surface area (Å²) in [7, 11) is 1.48. The average molecular weight is 450 g/mol. The van der Waals surface area contributed by atoms with E-state index in [2.05, 4.69) is 15.6 Å². The van der Waals surface area contributed by atoms with Gasteiger partial charge in [0.25, 0.3) is 5.91 Å². The van der Waals surface area contributed by atoms with Crippen LogP contribution in [0.3, 0.4) is 0 Å². The van der Waals surface area contributed by atoms with Gasteiger partial charge in [0.15, 0.2) is 0 Å². The molecule has 0 aliphatic heterocycles. The van der Waals surface area contributed by atoms with Gasteiger partial charge in [0, 0.05) is 41.5 Å². The lowest BCUT2D eigenvalue weighted by molar-refractivity contribution is 0.102. The van der Waals surface area contributed by atoms with Crippen molar-refractivity contribution in [2.75, 3.05) is 12.4 Å². The van der Waals surface area contributed by atoms with Crippen LogP contribution in [0.1, 0.15) is 63.0 Å². The van der Waals surface area contributed by atoms with Crippen molar-refractivity contribution in [2.45, 2.75) is 52.4 Å². The van der Waals surface area contributed by atoms with Gasteiger partial charge in [-0.3, -0.25) is 9.59 Å². The molecule has 1 heterocycles. The van der Waals surface area contributed by atoms with Crippen molar-refractivity contribution in [3.05, 3.63) is 69.5 Å². The van der Waals surface area contributed by atoms with Crippen molar-refractivity contribution in [3.63, 3.8) is 0 Å². The standard InChI is InChI=1S/C26H31N3O4/c1-25(2,3)17-12-18(26(4,5)6)21(33-24(32)27-7)13-20(17)29-23(31)16-14-28-19-11-9-8-10-15(19)22(16)30/h8-14H,1-7H3,(H,27,32)(H,28,30)(H,29,31). The molecule has 174 valence electrons. The molecule has 3 rings (SSSR count). The molecule has 0 aliphatic rings. The maximum atomic E-state index is 13.2. The highest BCUT2D eigenvalue weighted by atomic mass is 16.6. The summed E-state index contributed by atoms with van der Waals surface area (Å²) >= 11 is 0. The Labute approximate surface area is 193 Å². The molecule has 1 aromatic heterocycles. The lowest BCUT2D eigenvalue weighted by Gasteiger charge is -2.29. The van der Waals surface area contributed by atoms with Crippen molar-refractivity contribution in [1.29, 1.82) is 0 Å². The molecular formula is C26H31N3O4. The SMILES string of the molecule is CNC(=O)Oc1cc(NC(=O)c2c[nH]c3ccccc3c2=O)c(C(C)(C)C)cc1C(C)(C)C. The number of hydrogen-bond donors (Lipinski definition) is 3. The van der Waals surface area contributed by atoms with Crippen molar-refractivity contribution in [3.8, 4) is 5.75 Å². The normalized spacial score (nSPS) is 11.8. The summed E-state index contributed by atoms with van der Waals surface area (Å²) in [6, 6.07) is 10.6. The second-order valence-corrected chi connectivity index (χ2v) is 10.1. The van der Waals surface area contributed by atoms with E-state index >= 15 is 0 Å². The van der Waals surface area contributed by atoms with Gasteiger partial charge in [-0.25, -0.2) is 4.79 Å². The topological polar surface area (TPSA) is 100 Å². The van der Waals surface area contributed by atoms with Gasteiger partial charge in [-0.1, -0.05) is 53.7 Å². The van der Waals surface area contributed by atoms with Gasteiger partial charge >= 0.3 is 6.09 Å². The number of carbonyl (C=O) groups is 2. The van der Waals surface area contributed by atoms with Crippen LogP contribution >= 0.6 is 0 Å². The first-order valence-corrected chi connectivity index (χ1v) is 10.8. The predicted molar refractivity (Wildman–Crippen MR) is 131 cm³/mol. The van der Waals surface area contributed by atoms with Gasteiger partial charge in [0.05, 0.1) is 0 Å². The van der Waals surface area contributed by atoms with Crippen molar-refractivity contribution >= 4 is 28.6 Å². The van der Waals surface area contributed by atoms with Gasteiger partial charge in [-0.2, -0.15) is 0 Å². The molecule has 33 heavy (non-hydrogen) atoms. The molecule has 0 saturated carbocycles. The molecule has 0 unspecified atom stereocenters. The van der Waals surface area contributed by atoms with Crippen LogP contribution in [0.25, 0.3) is 10.9 Å². The Kier molecular flexibility index (Phi) is 6.36. The number of rotatable bonds is 3. The number of pyridine rings is 1. The average Bonchev–Trinajstić information content (AvgIpc) is 2.72. The summed E-state index contributed by atoms with van der Waals surface area (Å²) in [6.45, 7) is 12.2. The summed E-state index contributed by atoms with van der Waals surface area (Å²) in [5.41, 5.74) is 1.83. The number of amides is 2. The van der Waals surface area contributed by atoms with E-state index < -0.39 is 12.0 Å². The van der Waals surface area contributed by atoms with Crippen LogP contribution in [0, 0.1) is 0 Å². The zero-order valence-corrected chi connectivity index (χ0v) is 20.2. The zero-order valence-electron chi connectivity index (χ0n) is 20.2. The number of fused-ring (bicyclic) bond motifs is 1. The smallest absolute Gasteiger partial charge is 0.410 e. The summed E-state index contributed by atoms with van der Waals surface area (Å²) < 4.78 is 5.53. The number of ether oxygens (including phenoxy) is 1. The maximum absolute atomic E-state index is 13.2. The molecule has 0 spiro atoms. The van der Waals surface area contributed by atoms with E-state index in [1.807, 2.05) is 53.7 Å². The molecule has 3 aromatic rings. The third-order valence-electron chi connectivity index (χ3n) is 5.42. The van der Waals surface area contributed by atoms with Crippen molar-refractivity contribution in [1.82, 2.24) is 10.3 Å². The fraction of sp³-hybridized carbons (Fsp3) is 0.346. The Hall–Kier alpha value is -3.61. The second-order valence-electron chi connectivity index (χ2n) is 10.1. The first kappa shape index (κ1) is 24.0. The number of aromatic nitrogens is 1. The predicted octanol–water partition coefficient (Wildman–Crippen LogP) is 5.09. The third-order valence-corrected chi connectivity index (χ3v) is 5.42. The molecule has 7 heteroatoms. The number of para-hydroxylation sites is 1. The largest absolute Gasteiger partial charge is 0.412 e. The molecule has 0 atom stereocenters. The van der Waals surface area contributed by atoms with Crippen molar-refractivity contribution < 1.29 is 14.3 Å². The molecule has 0 radical (unpaired) electrons. The minimum Gasteiger partial charge on any atom is -0.410 e. The number of benzene rings is 2. The van der Waals surface area contributed by atoms with Crippen LogP contribution in [0.5, 0.6) is 5.75 Å². The van der Waals surface area contributed by atoms with E-state index in [9.17, 15) is 14.4 Å². The van der Waals surface area contributed by atoms with Crippen LogP contribution < -0.4 is 20.8 Å². The molecule has 0 aliphatic carbocycles. The maximum Gasteiger partial charge on any atom is 0.412 e. The number of hydrogen-bond acceptors (Lipinski definition) is 4. The van der Waals surface area contributed by atoms with E-state index in [0.29, 0.717) is 22.3 Å². The number of anilines is 1. The first-order valence-electron chi connectivity index (χ1n) is 10.8. The number of H-pyrrole nitrogens is 1. The fourth-order valence-electron chi connectivity index (χ4n) is 3.65. The van der Waals surface area contributed by atoms with Crippen LogP contribution in [0.4, 0.5) is 10.5 Å². The van der Waals surface area contributed by atoms with E-state index in [0.717, 1.165) is 11.1 Å². The lowest BCUT2D eigenvalue weighted by Crippen LogP contribution is -2.27. The summed E-state index contributed by atoms with van der Waals surface area (Å²) in [5.74, 6) is -0.195. The Morgan fingerprint density at radius 1 is 0.939 bits per heavy atom. The number of aromatic amines is 1. The van der Waals surface area contributed by atoms with Gasteiger partial charge in [0.2, 0.25) is 5.43 Å². The Balaban J connectivity index is 2.14. The molecule has 0 bridgehead atoms. The summed E-state index contributed by atoms with van der Waals surface area (Å²) in [5, 5.41) is 5.77. The molecule has 3 N–H and O–H groups in total. The number of carbonyl (C=O) groups excluding carboxylic acids is 2. The first-order chi connectivity index (χ1) is 15.3. The van der Waals surface area contributed by atoms with Crippen LogP contribution in [0.15, 0.2) is 47.4 Å². The quantitative estimate of drug-likeness (QED) is 0.518. The molecule has 2 amide bonds. The van der Waals surface area contributed by atoms with Gasteiger partial charge in [0.1, 0.15) is 11.3 Å². The van der Waals surface area contributed by atoms with Gasteiger partial charge in [-0.05, 0) is 34.6 Å². The van der Waals surface area contributed by atoms with Gasteiger partial charge < -0.3 is 20.4 Å². The monoisotopic (exact) mass is 449 g/mol. The minimum absolute atomic E-state index is 0.00206. The molecule has 7 nitrogen and oxygen atoms in total. The highest BCUT2D eigenvalue weighted by Crippen LogP contribution is 2.40. The van der Waals surface area contributed by atoms with Crippen LogP contribution in [-0.4, -0.2) is 24.0 Å². The van der Waals surface area contributed by atoms with E-state index in [4.69, 9.17) is 4.74 Å². The fourth-order valence-corrected chi connectivity index (χ4v) is 3.65. The Morgan fingerprint density at radius 3 is 2.18 bits per heavy atom. The summed E-state index contributed by atoms with van der Waals surface area (Å²) in [4.78, 5) is 41.1. The highest BCUT2D eigenvalue weighted by Gasteiger charge is 2.28. The molecular weight excluding hydrogens is 418 g/mol. The Bertz CT molecular complexity index is 1280. The third kappa shape index (κ3) is 5.08. The Morgan fingerprint density at radius 2 is 1.58 bits per heavy atom.